The highest BCUT2D eigenvalue weighted by Gasteiger charge is 2.10. The SMILES string of the molecule is COc1ccc(/C(=C/C(=O)[O-])c2ccc(Cl)cc2Cl)cc1. The maximum Gasteiger partial charge on any atom is 0.118 e. The number of carbonyl (C=O) groups is 1. The molecule has 0 aliphatic rings. The summed E-state index contributed by atoms with van der Waals surface area (Å²) in [5.74, 6) is -0.624. The van der Waals surface area contributed by atoms with Crippen molar-refractivity contribution in [1.29, 1.82) is 0 Å². The predicted octanol–water partition coefficient (Wildman–Crippen LogP) is 3.18. The van der Waals surface area contributed by atoms with Crippen LogP contribution in [-0.2, 0) is 4.79 Å². The van der Waals surface area contributed by atoms with Crippen LogP contribution in [0.3, 0.4) is 0 Å². The molecule has 0 amide bonds. The van der Waals surface area contributed by atoms with Gasteiger partial charge in [-0.2, -0.15) is 0 Å². The van der Waals surface area contributed by atoms with Gasteiger partial charge in [0, 0.05) is 15.6 Å². The van der Waals surface area contributed by atoms with Gasteiger partial charge in [-0.15, -0.1) is 0 Å². The van der Waals surface area contributed by atoms with Crippen LogP contribution in [0.2, 0.25) is 10.0 Å². The van der Waals surface area contributed by atoms with Crippen LogP contribution in [-0.4, -0.2) is 13.1 Å². The zero-order valence-corrected chi connectivity index (χ0v) is 12.6. The number of hydrogen-bond donors (Lipinski definition) is 0. The van der Waals surface area contributed by atoms with Crippen molar-refractivity contribution in [2.24, 2.45) is 0 Å². The highest BCUT2D eigenvalue weighted by molar-refractivity contribution is 6.36. The van der Waals surface area contributed by atoms with E-state index in [-0.39, 0.29) is 0 Å². The molecular weight excluding hydrogens is 311 g/mol. The molecule has 0 radical (unpaired) electrons. The van der Waals surface area contributed by atoms with E-state index in [1.54, 1.807) is 49.6 Å². The molecule has 108 valence electrons. The molecule has 0 saturated heterocycles. The average molecular weight is 322 g/mol. The fraction of sp³-hybridized carbons (Fsp3) is 0.0625. The second-order valence-corrected chi connectivity index (χ2v) is 5.07. The quantitative estimate of drug-likeness (QED) is 0.812. The second-order valence-electron chi connectivity index (χ2n) is 4.23. The van der Waals surface area contributed by atoms with E-state index in [4.69, 9.17) is 27.9 Å². The van der Waals surface area contributed by atoms with Gasteiger partial charge in [0.15, 0.2) is 0 Å². The van der Waals surface area contributed by atoms with Gasteiger partial charge >= 0.3 is 0 Å². The van der Waals surface area contributed by atoms with Crippen molar-refractivity contribution in [2.45, 2.75) is 0 Å². The third-order valence-electron chi connectivity index (χ3n) is 2.88. The van der Waals surface area contributed by atoms with Gasteiger partial charge < -0.3 is 14.6 Å². The normalized spacial score (nSPS) is 11.3. The summed E-state index contributed by atoms with van der Waals surface area (Å²) in [6.07, 6.45) is 1.01. The van der Waals surface area contributed by atoms with Crippen molar-refractivity contribution in [3.8, 4) is 5.75 Å². The summed E-state index contributed by atoms with van der Waals surface area (Å²) < 4.78 is 5.08. The molecule has 0 N–H and O–H groups in total. The minimum atomic E-state index is -1.30. The first-order valence-corrected chi connectivity index (χ1v) is 6.79. The number of carbonyl (C=O) groups excluding carboxylic acids is 1. The van der Waals surface area contributed by atoms with Crippen LogP contribution >= 0.6 is 23.2 Å². The number of halogens is 2. The van der Waals surface area contributed by atoms with Gasteiger partial charge in [-0.3, -0.25) is 0 Å². The Labute approximate surface area is 132 Å². The van der Waals surface area contributed by atoms with E-state index in [2.05, 4.69) is 0 Å². The summed E-state index contributed by atoms with van der Waals surface area (Å²) in [7, 11) is 1.56. The third-order valence-corrected chi connectivity index (χ3v) is 3.43. The first-order valence-electron chi connectivity index (χ1n) is 6.04. The molecule has 0 unspecified atom stereocenters. The number of aliphatic carboxylic acids is 1. The Balaban J connectivity index is 2.55. The molecule has 0 aliphatic carbocycles. The van der Waals surface area contributed by atoms with Crippen LogP contribution in [0.1, 0.15) is 11.1 Å². The number of carboxylic acid groups (broad SMARTS) is 1. The molecular formula is C16H11Cl2O3-. The molecule has 21 heavy (non-hydrogen) atoms. The van der Waals surface area contributed by atoms with Crippen molar-refractivity contribution in [3.05, 3.63) is 69.7 Å². The van der Waals surface area contributed by atoms with Gasteiger partial charge in [0.25, 0.3) is 0 Å². The zero-order valence-electron chi connectivity index (χ0n) is 11.1. The first-order chi connectivity index (χ1) is 10.0. The number of hydrogen-bond acceptors (Lipinski definition) is 3. The Bertz CT molecular complexity index is 691. The second kappa shape index (κ2) is 6.66. The van der Waals surface area contributed by atoms with Crippen molar-refractivity contribution in [3.63, 3.8) is 0 Å². The molecule has 5 heteroatoms. The molecule has 0 spiro atoms. The van der Waals surface area contributed by atoms with Gasteiger partial charge in [-0.25, -0.2) is 0 Å². The molecule has 0 aromatic heterocycles. The van der Waals surface area contributed by atoms with Gasteiger partial charge in [-0.05, 0) is 41.5 Å². The molecule has 0 bridgehead atoms. The summed E-state index contributed by atoms with van der Waals surface area (Å²) in [6.45, 7) is 0. The van der Waals surface area contributed by atoms with Gasteiger partial charge in [0.05, 0.1) is 13.1 Å². The molecule has 2 aromatic carbocycles. The molecule has 2 rings (SSSR count). The third kappa shape index (κ3) is 3.78. The maximum absolute atomic E-state index is 11.0. The molecule has 3 nitrogen and oxygen atoms in total. The molecule has 2 aromatic rings. The number of rotatable bonds is 4. The highest BCUT2D eigenvalue weighted by atomic mass is 35.5. The maximum atomic E-state index is 11.0. The first kappa shape index (κ1) is 15.4. The highest BCUT2D eigenvalue weighted by Crippen LogP contribution is 2.32. The summed E-state index contributed by atoms with van der Waals surface area (Å²) >= 11 is 12.0. The number of methoxy groups -OCH3 is 1. The van der Waals surface area contributed by atoms with E-state index in [0.29, 0.717) is 32.5 Å². The number of carboxylic acids is 1. The Hall–Kier alpha value is -1.97. The summed E-state index contributed by atoms with van der Waals surface area (Å²) in [4.78, 5) is 11.0. The van der Waals surface area contributed by atoms with E-state index in [0.717, 1.165) is 6.08 Å². The van der Waals surface area contributed by atoms with Crippen LogP contribution in [0.5, 0.6) is 5.75 Å². The minimum Gasteiger partial charge on any atom is -0.545 e. The largest absolute Gasteiger partial charge is 0.545 e. The van der Waals surface area contributed by atoms with Crippen LogP contribution in [0.25, 0.3) is 5.57 Å². The van der Waals surface area contributed by atoms with Crippen LogP contribution in [0, 0.1) is 0 Å². The van der Waals surface area contributed by atoms with Crippen LogP contribution < -0.4 is 9.84 Å². The van der Waals surface area contributed by atoms with Crippen molar-refractivity contribution < 1.29 is 14.6 Å². The van der Waals surface area contributed by atoms with Gasteiger partial charge in [0.2, 0.25) is 0 Å². The minimum absolute atomic E-state index is 0.366. The van der Waals surface area contributed by atoms with E-state index in [9.17, 15) is 9.90 Å². The van der Waals surface area contributed by atoms with Gasteiger partial charge in [0.1, 0.15) is 5.75 Å². The summed E-state index contributed by atoms with van der Waals surface area (Å²) in [5, 5.41) is 11.8. The molecule has 0 fully saturated rings. The lowest BCUT2D eigenvalue weighted by atomic mass is 9.97. The lowest BCUT2D eigenvalue weighted by Gasteiger charge is -2.12. The van der Waals surface area contributed by atoms with E-state index in [1.807, 2.05) is 0 Å². The summed E-state index contributed by atoms with van der Waals surface area (Å²) in [5.41, 5.74) is 1.69. The van der Waals surface area contributed by atoms with E-state index < -0.39 is 5.97 Å². The Morgan fingerprint density at radius 2 is 1.81 bits per heavy atom. The molecule has 0 atom stereocenters. The van der Waals surface area contributed by atoms with E-state index >= 15 is 0 Å². The smallest absolute Gasteiger partial charge is 0.118 e. The van der Waals surface area contributed by atoms with Crippen molar-refractivity contribution in [2.75, 3.05) is 7.11 Å². The zero-order chi connectivity index (χ0) is 15.4. The monoisotopic (exact) mass is 321 g/mol. The molecule has 0 heterocycles. The van der Waals surface area contributed by atoms with Crippen LogP contribution in [0.4, 0.5) is 0 Å². The molecule has 0 saturated carbocycles. The lowest BCUT2D eigenvalue weighted by molar-refractivity contribution is -0.297. The number of benzene rings is 2. The average Bonchev–Trinajstić information content (AvgIpc) is 2.45. The van der Waals surface area contributed by atoms with Gasteiger partial charge in [-0.1, -0.05) is 41.4 Å². The molecule has 0 aliphatic heterocycles. The van der Waals surface area contributed by atoms with Crippen molar-refractivity contribution >= 4 is 34.7 Å². The Morgan fingerprint density at radius 1 is 1.14 bits per heavy atom. The fourth-order valence-corrected chi connectivity index (χ4v) is 2.42. The fourth-order valence-electron chi connectivity index (χ4n) is 1.91. The summed E-state index contributed by atoms with van der Waals surface area (Å²) in [6, 6.07) is 11.9. The Morgan fingerprint density at radius 3 is 2.33 bits per heavy atom. The van der Waals surface area contributed by atoms with Crippen molar-refractivity contribution in [1.82, 2.24) is 0 Å². The standard InChI is InChI=1S/C16H12Cl2O3/c1-21-12-5-2-10(3-6-12)14(9-16(19)20)13-7-4-11(17)8-15(13)18/h2-9H,1H3,(H,19,20)/p-1/b14-9-. The number of ether oxygens (including phenoxy) is 1. The Kier molecular flexibility index (Phi) is 4.89. The van der Waals surface area contributed by atoms with Crippen LogP contribution in [0.15, 0.2) is 48.5 Å². The predicted molar refractivity (Wildman–Crippen MR) is 81.5 cm³/mol. The topological polar surface area (TPSA) is 49.4 Å². The van der Waals surface area contributed by atoms with E-state index in [1.165, 1.54) is 0 Å². The lowest BCUT2D eigenvalue weighted by Crippen LogP contribution is -2.19.